The normalized spacial score (nSPS) is 20.2. The second-order valence-electron chi connectivity index (χ2n) is 4.32. The van der Waals surface area contributed by atoms with E-state index in [0.29, 0.717) is 12.0 Å². The lowest BCUT2D eigenvalue weighted by atomic mass is 10.2. The smallest absolute Gasteiger partial charge is 0.103 e. The van der Waals surface area contributed by atoms with Crippen LogP contribution in [0.25, 0.3) is 0 Å². The highest BCUT2D eigenvalue weighted by Crippen LogP contribution is 2.23. The molecule has 1 atom stereocenters. The third kappa shape index (κ3) is 6.60. The van der Waals surface area contributed by atoms with Crippen molar-refractivity contribution in [3.63, 3.8) is 0 Å². The summed E-state index contributed by atoms with van der Waals surface area (Å²) in [4.78, 5) is 3.15. The molecule has 17 heavy (non-hydrogen) atoms. The Bertz CT molecular complexity index is 221. The molecule has 2 N–H and O–H groups in total. The largest absolute Gasteiger partial charge is 0.368 e. The number of hydrogen-bond donors (Lipinski definition) is 1. The molecular formula is C12H24N2OS2. The summed E-state index contributed by atoms with van der Waals surface area (Å²) < 4.78 is 5.68. The predicted molar refractivity (Wildman–Crippen MR) is 79.6 cm³/mol. The summed E-state index contributed by atoms with van der Waals surface area (Å²) in [7, 11) is 0. The molecule has 3 nitrogen and oxygen atoms in total. The van der Waals surface area contributed by atoms with Crippen molar-refractivity contribution in [3.8, 4) is 0 Å². The zero-order valence-electron chi connectivity index (χ0n) is 10.7. The Morgan fingerprint density at radius 2 is 2.29 bits per heavy atom. The van der Waals surface area contributed by atoms with E-state index < -0.39 is 0 Å². The van der Waals surface area contributed by atoms with Crippen molar-refractivity contribution in [2.75, 3.05) is 32.0 Å². The van der Waals surface area contributed by atoms with Crippen LogP contribution in [0, 0.1) is 0 Å². The van der Waals surface area contributed by atoms with Crippen molar-refractivity contribution in [2.24, 2.45) is 5.73 Å². The van der Waals surface area contributed by atoms with Crippen molar-refractivity contribution in [1.29, 1.82) is 0 Å². The van der Waals surface area contributed by atoms with Crippen molar-refractivity contribution in [2.45, 2.75) is 38.0 Å². The summed E-state index contributed by atoms with van der Waals surface area (Å²) in [5.74, 6) is 1.15. The first-order chi connectivity index (χ1) is 8.24. The SMILES string of the molecule is CC(=S)N(CCN)CCCSC1CCCCO1. The predicted octanol–water partition coefficient (Wildman–Crippen LogP) is 2.24. The van der Waals surface area contributed by atoms with Gasteiger partial charge in [0.1, 0.15) is 5.44 Å². The lowest BCUT2D eigenvalue weighted by Crippen LogP contribution is -2.33. The molecule has 5 heteroatoms. The van der Waals surface area contributed by atoms with Crippen molar-refractivity contribution < 1.29 is 4.74 Å². The van der Waals surface area contributed by atoms with Gasteiger partial charge in [0.05, 0.1) is 4.99 Å². The molecule has 0 aromatic carbocycles. The molecule has 0 amide bonds. The van der Waals surface area contributed by atoms with Gasteiger partial charge in [0.15, 0.2) is 0 Å². The van der Waals surface area contributed by atoms with Crippen molar-refractivity contribution >= 4 is 29.0 Å². The summed E-state index contributed by atoms with van der Waals surface area (Å²) in [6.45, 7) is 5.48. The van der Waals surface area contributed by atoms with Gasteiger partial charge in [-0.1, -0.05) is 12.2 Å². The van der Waals surface area contributed by atoms with Gasteiger partial charge in [0.2, 0.25) is 0 Å². The van der Waals surface area contributed by atoms with Gasteiger partial charge in [-0.3, -0.25) is 0 Å². The Kier molecular flexibility index (Phi) is 8.18. The van der Waals surface area contributed by atoms with Crippen LogP contribution in [0.2, 0.25) is 0 Å². The number of nitrogens with zero attached hydrogens (tertiary/aromatic N) is 1. The third-order valence-corrected chi connectivity index (χ3v) is 4.38. The lowest BCUT2D eigenvalue weighted by molar-refractivity contribution is 0.0728. The molecule has 1 aliphatic heterocycles. The molecule has 0 radical (unpaired) electrons. The van der Waals surface area contributed by atoms with E-state index in [1.54, 1.807) is 0 Å². The molecule has 0 aromatic heterocycles. The standard InChI is InChI=1S/C12H24N2OS2/c1-11(16)14(8-6-13)7-4-10-17-12-5-2-3-9-15-12/h12H,2-10,13H2,1H3. The first kappa shape index (κ1) is 15.2. The molecule has 0 spiro atoms. The number of rotatable bonds is 7. The summed E-state index contributed by atoms with van der Waals surface area (Å²) >= 11 is 7.14. The van der Waals surface area contributed by atoms with Gasteiger partial charge in [-0.2, -0.15) is 0 Å². The van der Waals surface area contributed by atoms with Crippen LogP contribution < -0.4 is 5.73 Å². The zero-order valence-corrected chi connectivity index (χ0v) is 12.3. The van der Waals surface area contributed by atoms with E-state index in [9.17, 15) is 0 Å². The Morgan fingerprint density at radius 3 is 2.88 bits per heavy atom. The van der Waals surface area contributed by atoms with E-state index in [1.807, 2.05) is 18.7 Å². The lowest BCUT2D eigenvalue weighted by Gasteiger charge is -2.24. The van der Waals surface area contributed by atoms with Crippen LogP contribution in [-0.4, -0.2) is 47.3 Å². The first-order valence-electron chi connectivity index (χ1n) is 6.43. The molecule has 0 saturated carbocycles. The van der Waals surface area contributed by atoms with Gasteiger partial charge in [-0.15, -0.1) is 11.8 Å². The summed E-state index contributed by atoms with van der Waals surface area (Å²) in [6.07, 6.45) is 4.91. The molecule has 0 aliphatic carbocycles. The molecule has 1 saturated heterocycles. The van der Waals surface area contributed by atoms with Crippen LogP contribution in [0.3, 0.4) is 0 Å². The highest BCUT2D eigenvalue weighted by molar-refractivity contribution is 7.99. The molecule has 1 heterocycles. The summed E-state index contributed by atoms with van der Waals surface area (Å²) in [5, 5.41) is 0. The number of thiocarbonyl (C=S) groups is 1. The maximum atomic E-state index is 5.68. The molecule has 100 valence electrons. The van der Waals surface area contributed by atoms with Crippen LogP contribution in [-0.2, 0) is 4.74 Å². The molecule has 0 bridgehead atoms. The minimum Gasteiger partial charge on any atom is -0.368 e. The summed E-state index contributed by atoms with van der Waals surface area (Å²) in [5.41, 5.74) is 5.99. The highest BCUT2D eigenvalue weighted by Gasteiger charge is 2.13. The Morgan fingerprint density at radius 1 is 1.47 bits per heavy atom. The van der Waals surface area contributed by atoms with E-state index in [2.05, 4.69) is 4.90 Å². The van der Waals surface area contributed by atoms with Gasteiger partial charge in [0.25, 0.3) is 0 Å². The van der Waals surface area contributed by atoms with E-state index in [1.165, 1.54) is 19.3 Å². The fourth-order valence-electron chi connectivity index (χ4n) is 1.90. The quantitative estimate of drug-likeness (QED) is 0.570. The second-order valence-corrected chi connectivity index (χ2v) is 6.17. The maximum Gasteiger partial charge on any atom is 0.103 e. The average molecular weight is 276 g/mol. The molecule has 1 aliphatic rings. The van der Waals surface area contributed by atoms with E-state index >= 15 is 0 Å². The Hall–Kier alpha value is 0.160. The van der Waals surface area contributed by atoms with Crippen LogP contribution in [0.5, 0.6) is 0 Å². The fourth-order valence-corrected chi connectivity index (χ4v) is 3.16. The van der Waals surface area contributed by atoms with Gasteiger partial charge in [-0.25, -0.2) is 0 Å². The zero-order chi connectivity index (χ0) is 12.5. The number of hydrogen-bond acceptors (Lipinski definition) is 4. The van der Waals surface area contributed by atoms with E-state index in [-0.39, 0.29) is 0 Å². The van der Waals surface area contributed by atoms with Crippen LogP contribution in [0.1, 0.15) is 32.6 Å². The second kappa shape index (κ2) is 9.14. The van der Waals surface area contributed by atoms with Gasteiger partial charge in [0, 0.05) is 26.2 Å². The van der Waals surface area contributed by atoms with Crippen LogP contribution >= 0.6 is 24.0 Å². The number of nitrogens with two attached hydrogens (primary N) is 1. The van der Waals surface area contributed by atoms with E-state index in [0.717, 1.165) is 36.9 Å². The maximum absolute atomic E-state index is 5.68. The molecule has 0 aromatic rings. The summed E-state index contributed by atoms with van der Waals surface area (Å²) in [6, 6.07) is 0. The minimum atomic E-state index is 0.431. The molecule has 1 unspecified atom stereocenters. The molecule has 1 rings (SSSR count). The van der Waals surface area contributed by atoms with Crippen molar-refractivity contribution in [3.05, 3.63) is 0 Å². The van der Waals surface area contributed by atoms with Gasteiger partial charge >= 0.3 is 0 Å². The fraction of sp³-hybridized carbons (Fsp3) is 0.917. The number of thioether (sulfide) groups is 1. The Balaban J connectivity index is 2.06. The van der Waals surface area contributed by atoms with Gasteiger partial charge < -0.3 is 15.4 Å². The number of ether oxygens (including phenoxy) is 1. The highest BCUT2D eigenvalue weighted by atomic mass is 32.2. The molecular weight excluding hydrogens is 252 g/mol. The van der Waals surface area contributed by atoms with Gasteiger partial charge in [-0.05, 0) is 38.4 Å². The average Bonchev–Trinajstić information content (AvgIpc) is 2.34. The van der Waals surface area contributed by atoms with Crippen molar-refractivity contribution in [1.82, 2.24) is 4.90 Å². The van der Waals surface area contributed by atoms with Crippen LogP contribution in [0.4, 0.5) is 0 Å². The Labute approximate surface area is 114 Å². The van der Waals surface area contributed by atoms with Crippen LogP contribution in [0.15, 0.2) is 0 Å². The minimum absolute atomic E-state index is 0.431. The van der Waals surface area contributed by atoms with E-state index in [4.69, 9.17) is 22.7 Å². The first-order valence-corrected chi connectivity index (χ1v) is 7.88. The topological polar surface area (TPSA) is 38.5 Å². The molecule has 1 fully saturated rings. The monoisotopic (exact) mass is 276 g/mol. The third-order valence-electron chi connectivity index (χ3n) is 2.86.